The van der Waals surface area contributed by atoms with Gasteiger partial charge in [-0.25, -0.2) is 0 Å². The molecule has 0 amide bonds. The van der Waals surface area contributed by atoms with Gasteiger partial charge in [-0.05, 0) is 0 Å². The Kier molecular flexibility index (Phi) is 179. The van der Waals surface area contributed by atoms with E-state index in [1.165, 1.54) is 0 Å². The molecule has 0 unspecified atom stereocenters. The first-order chi connectivity index (χ1) is 0. The van der Waals surface area contributed by atoms with Gasteiger partial charge in [-0.2, -0.15) is 0 Å². The first-order valence-corrected chi connectivity index (χ1v) is 0. The van der Waals surface area contributed by atoms with E-state index < -0.39 is 0 Å². The molecule has 0 bridgehead atoms. The molecule has 4 heavy (non-hydrogen) atoms. The van der Waals surface area contributed by atoms with Crippen molar-refractivity contribution in [2.45, 2.75) is 0 Å². The van der Waals surface area contributed by atoms with Crippen LogP contribution in [0.2, 0.25) is 0 Å². The van der Waals surface area contributed by atoms with Crippen LogP contribution < -0.4 is 0 Å². The summed E-state index contributed by atoms with van der Waals surface area (Å²) in [6.45, 7) is 0. The minimum Gasteiger partial charge on any atom is 0 e. The van der Waals surface area contributed by atoms with Crippen molar-refractivity contribution in [2.75, 3.05) is 0 Å². The molecule has 0 aliphatic heterocycles. The summed E-state index contributed by atoms with van der Waals surface area (Å²) in [7, 11) is 0. The van der Waals surface area contributed by atoms with Gasteiger partial charge in [0.15, 0.2) is 0 Å². The summed E-state index contributed by atoms with van der Waals surface area (Å²) in [4.78, 5) is 0. The predicted molar refractivity (Wildman–Crippen MR) is 5.75 cm³/mol. The van der Waals surface area contributed by atoms with Gasteiger partial charge < -0.3 is 0 Å². The van der Waals surface area contributed by atoms with Crippen molar-refractivity contribution >= 4 is 17.4 Å². The Hall–Kier alpha value is 2.06. The zero-order valence-electron chi connectivity index (χ0n) is 1.62. The molecule has 6 radical (unpaired) electrons. The average Bonchev–Trinajstić information content (AvgIpc) is 0. The van der Waals surface area contributed by atoms with Crippen LogP contribution in [0.25, 0.3) is 0 Å². The van der Waals surface area contributed by atoms with Crippen molar-refractivity contribution in [1.29, 1.82) is 0 Å². The molecule has 0 aliphatic rings. The van der Waals surface area contributed by atoms with Crippen molar-refractivity contribution < 1.29 is 50.6 Å². The van der Waals surface area contributed by atoms with Crippen LogP contribution in [0.4, 0.5) is 0 Å². The van der Waals surface area contributed by atoms with Crippen molar-refractivity contribution in [1.82, 2.24) is 0 Å². The van der Waals surface area contributed by atoms with E-state index in [2.05, 4.69) is 0 Å². The third-order valence-corrected chi connectivity index (χ3v) is 0. The molecule has 0 aromatic heterocycles. The smallest absolute Gasteiger partial charge is 0 e. The molecule has 28 valence electrons. The van der Waals surface area contributed by atoms with Crippen LogP contribution in [0.15, 0.2) is 0 Å². The molecule has 0 atom stereocenters. The van der Waals surface area contributed by atoms with Crippen molar-refractivity contribution in [3.63, 3.8) is 0 Å². The fraction of sp³-hybridized carbons (Fsp3) is 0. The maximum atomic E-state index is 0. The van der Waals surface area contributed by atoms with Gasteiger partial charge in [-0.15, -0.1) is 0 Å². The van der Waals surface area contributed by atoms with Gasteiger partial charge in [0, 0.05) is 68.0 Å². The molecule has 0 aliphatic carbocycles. The fourth-order valence-corrected chi connectivity index (χ4v) is 0. The molecular formula is AlCo2Mn. The third kappa shape index (κ3) is 8.96. The largest absolute Gasteiger partial charge is 0 e. The first-order valence-electron chi connectivity index (χ1n) is 0. The summed E-state index contributed by atoms with van der Waals surface area (Å²) in [5.74, 6) is 0. The number of rotatable bonds is 0. The number of hydrogen-bond donors (Lipinski definition) is 0. The van der Waals surface area contributed by atoms with E-state index in [1.807, 2.05) is 0 Å². The molecule has 0 fully saturated rings. The Morgan fingerprint density at radius 2 is 0.750 bits per heavy atom. The van der Waals surface area contributed by atoms with Crippen LogP contribution in [0.1, 0.15) is 0 Å². The van der Waals surface area contributed by atoms with E-state index in [0.29, 0.717) is 0 Å². The van der Waals surface area contributed by atoms with E-state index in [1.54, 1.807) is 0 Å². The minimum absolute atomic E-state index is 0. The molecule has 0 saturated carbocycles. The van der Waals surface area contributed by atoms with Crippen LogP contribution in [0.5, 0.6) is 0 Å². The molecule has 0 saturated heterocycles. The van der Waals surface area contributed by atoms with Gasteiger partial charge in [0.25, 0.3) is 0 Å². The summed E-state index contributed by atoms with van der Waals surface area (Å²) in [6.07, 6.45) is 0. The monoisotopic (exact) mass is 200 g/mol. The van der Waals surface area contributed by atoms with Gasteiger partial charge >= 0.3 is 0 Å². The first kappa shape index (κ1) is 36.5. The maximum Gasteiger partial charge on any atom is 0 e. The third-order valence-electron chi connectivity index (χ3n) is 0. The second-order valence-corrected chi connectivity index (χ2v) is 0. The van der Waals surface area contributed by atoms with Gasteiger partial charge in [0.2, 0.25) is 0 Å². The Morgan fingerprint density at radius 3 is 0.750 bits per heavy atom. The molecule has 0 aromatic carbocycles. The van der Waals surface area contributed by atoms with Gasteiger partial charge in [0.05, 0.1) is 0 Å². The van der Waals surface area contributed by atoms with Crippen molar-refractivity contribution in [3.05, 3.63) is 0 Å². The average molecular weight is 200 g/mol. The van der Waals surface area contributed by atoms with E-state index in [0.717, 1.165) is 0 Å². The van der Waals surface area contributed by atoms with Gasteiger partial charge in [0.1, 0.15) is 0 Å². The van der Waals surface area contributed by atoms with Crippen LogP contribution in [-0.2, 0) is 50.6 Å². The molecule has 0 N–H and O–H groups in total. The molecule has 0 nitrogen and oxygen atoms in total. The summed E-state index contributed by atoms with van der Waals surface area (Å²) >= 11 is 0. The predicted octanol–water partition coefficient (Wildman–Crippen LogP) is -0.388. The Labute approximate surface area is 67.5 Å². The fourth-order valence-electron chi connectivity index (χ4n) is 0. The van der Waals surface area contributed by atoms with E-state index >= 15 is 0 Å². The Balaban J connectivity index is 0. The molecule has 0 heterocycles. The molecule has 0 spiro atoms. The summed E-state index contributed by atoms with van der Waals surface area (Å²) in [6, 6.07) is 0. The Bertz CT molecular complexity index is 6.00. The standard InChI is InChI=1S/Al.2Co.Mn. The topological polar surface area (TPSA) is 0 Å². The second-order valence-electron chi connectivity index (χ2n) is 0. The molecule has 0 rings (SSSR count). The zero-order valence-corrected chi connectivity index (χ0v) is 6.04. The van der Waals surface area contributed by atoms with Crippen LogP contribution >= 0.6 is 0 Å². The molecular weight excluding hydrogens is 200 g/mol. The van der Waals surface area contributed by atoms with E-state index in [9.17, 15) is 0 Å². The van der Waals surface area contributed by atoms with Crippen LogP contribution in [-0.4, -0.2) is 17.4 Å². The Morgan fingerprint density at radius 1 is 0.750 bits per heavy atom. The molecule has 4 heteroatoms. The normalized spacial score (nSPS) is 0. The molecule has 0 aromatic rings. The van der Waals surface area contributed by atoms with E-state index in [-0.39, 0.29) is 68.0 Å². The summed E-state index contributed by atoms with van der Waals surface area (Å²) in [5.41, 5.74) is 0. The SMILES string of the molecule is [Al].[Co].[Co].[Mn]. The summed E-state index contributed by atoms with van der Waals surface area (Å²) < 4.78 is 0. The second kappa shape index (κ2) is 19.6. The quantitative estimate of drug-likeness (QED) is 0.467. The van der Waals surface area contributed by atoms with E-state index in [4.69, 9.17) is 0 Å². The summed E-state index contributed by atoms with van der Waals surface area (Å²) in [5, 5.41) is 0. The number of hydrogen-bond acceptors (Lipinski definition) is 0. The van der Waals surface area contributed by atoms with Gasteiger partial charge in [-0.3, -0.25) is 0 Å². The van der Waals surface area contributed by atoms with Crippen LogP contribution in [0, 0.1) is 0 Å². The maximum absolute atomic E-state index is 0. The minimum atomic E-state index is 0. The van der Waals surface area contributed by atoms with Gasteiger partial charge in [-0.1, -0.05) is 0 Å². The zero-order chi connectivity index (χ0) is 0. The van der Waals surface area contributed by atoms with Crippen molar-refractivity contribution in [2.24, 2.45) is 0 Å². The van der Waals surface area contributed by atoms with Crippen molar-refractivity contribution in [3.8, 4) is 0 Å². The van der Waals surface area contributed by atoms with Crippen LogP contribution in [0.3, 0.4) is 0 Å².